The van der Waals surface area contributed by atoms with Gasteiger partial charge in [-0.25, -0.2) is 13.4 Å². The van der Waals surface area contributed by atoms with E-state index in [1.807, 2.05) is 30.3 Å². The molecule has 0 aliphatic carbocycles. The second-order valence-corrected chi connectivity index (χ2v) is 6.70. The fraction of sp³-hybridized carbons (Fsp3) is 0.333. The van der Waals surface area contributed by atoms with Gasteiger partial charge < -0.3 is 5.73 Å². The van der Waals surface area contributed by atoms with Crippen molar-refractivity contribution in [3.8, 4) is 11.4 Å². The van der Waals surface area contributed by atoms with Gasteiger partial charge in [0.25, 0.3) is 0 Å². The summed E-state index contributed by atoms with van der Waals surface area (Å²) < 4.78 is 22.2. The Morgan fingerprint density at radius 3 is 2.63 bits per heavy atom. The molecule has 0 saturated heterocycles. The Kier molecular flexibility index (Phi) is 3.96. The maximum Gasteiger partial charge on any atom is 0.181 e. The largest absolute Gasteiger partial charge is 0.321 e. The molecule has 1 unspecified atom stereocenters. The summed E-state index contributed by atoms with van der Waals surface area (Å²) in [4.78, 5) is 4.29. The summed E-state index contributed by atoms with van der Waals surface area (Å²) in [5.74, 6) is 1.10. The van der Waals surface area contributed by atoms with Gasteiger partial charge in [0.15, 0.2) is 5.82 Å². The molecule has 1 aromatic carbocycles. The lowest BCUT2D eigenvalue weighted by atomic mass is 10.2. The molecular formula is C12H16N4O2S. The molecule has 1 aromatic heterocycles. The molecule has 0 amide bonds. The van der Waals surface area contributed by atoms with Gasteiger partial charge in [0, 0.05) is 11.8 Å². The number of hydrogen-bond acceptors (Lipinski definition) is 5. The summed E-state index contributed by atoms with van der Waals surface area (Å²) >= 11 is 0. The second kappa shape index (κ2) is 5.50. The normalized spacial score (nSPS) is 13.4. The lowest BCUT2D eigenvalue weighted by molar-refractivity contribution is 0.587. The van der Waals surface area contributed by atoms with E-state index in [2.05, 4.69) is 15.2 Å². The van der Waals surface area contributed by atoms with E-state index in [1.165, 1.54) is 6.26 Å². The van der Waals surface area contributed by atoms with Crippen molar-refractivity contribution in [3.05, 3.63) is 36.2 Å². The summed E-state index contributed by atoms with van der Waals surface area (Å²) in [5, 5.41) is 6.85. The topological polar surface area (TPSA) is 102 Å². The highest BCUT2D eigenvalue weighted by Gasteiger charge is 2.14. The summed E-state index contributed by atoms with van der Waals surface area (Å²) in [6, 6.07) is 9.04. The maximum absolute atomic E-state index is 11.1. The van der Waals surface area contributed by atoms with Crippen LogP contribution in [0.5, 0.6) is 0 Å². The van der Waals surface area contributed by atoms with Crippen LogP contribution in [0, 0.1) is 0 Å². The molecule has 0 fully saturated rings. The fourth-order valence-electron chi connectivity index (χ4n) is 1.63. The molecule has 102 valence electrons. The van der Waals surface area contributed by atoms with Crippen LogP contribution in [0.3, 0.4) is 0 Å². The molecule has 7 heteroatoms. The van der Waals surface area contributed by atoms with Crippen LogP contribution in [-0.2, 0) is 9.84 Å². The fourth-order valence-corrected chi connectivity index (χ4v) is 2.32. The number of hydrogen-bond donors (Lipinski definition) is 2. The molecule has 2 rings (SSSR count). The van der Waals surface area contributed by atoms with Crippen LogP contribution < -0.4 is 5.73 Å². The number of nitrogens with two attached hydrogens (primary N) is 1. The third kappa shape index (κ3) is 3.87. The van der Waals surface area contributed by atoms with Gasteiger partial charge >= 0.3 is 0 Å². The van der Waals surface area contributed by atoms with Crippen LogP contribution in [-0.4, -0.2) is 35.6 Å². The Hall–Kier alpha value is -1.73. The van der Waals surface area contributed by atoms with Crippen molar-refractivity contribution in [1.29, 1.82) is 0 Å². The van der Waals surface area contributed by atoms with E-state index in [4.69, 9.17) is 5.73 Å². The van der Waals surface area contributed by atoms with E-state index in [0.717, 1.165) is 5.56 Å². The first-order valence-electron chi connectivity index (χ1n) is 5.87. The van der Waals surface area contributed by atoms with E-state index >= 15 is 0 Å². The average Bonchev–Trinajstić information content (AvgIpc) is 2.86. The highest BCUT2D eigenvalue weighted by molar-refractivity contribution is 7.90. The molecule has 0 saturated carbocycles. The van der Waals surface area contributed by atoms with Crippen molar-refractivity contribution in [1.82, 2.24) is 15.2 Å². The standard InChI is InChI=1S/C12H16N4O2S/c1-19(17,18)8-7-10(13)12-14-11(15-16-12)9-5-3-2-4-6-9/h2-6,10H,7-8,13H2,1H3,(H,14,15,16). The van der Waals surface area contributed by atoms with Crippen molar-refractivity contribution in [3.63, 3.8) is 0 Å². The third-order valence-corrected chi connectivity index (χ3v) is 3.66. The zero-order chi connectivity index (χ0) is 13.9. The number of H-pyrrole nitrogens is 1. The molecule has 2 aromatic rings. The highest BCUT2D eigenvalue weighted by atomic mass is 32.2. The quantitative estimate of drug-likeness (QED) is 0.847. The monoisotopic (exact) mass is 280 g/mol. The molecule has 0 spiro atoms. The first-order valence-corrected chi connectivity index (χ1v) is 7.93. The lowest BCUT2D eigenvalue weighted by Gasteiger charge is -2.06. The molecule has 1 atom stereocenters. The minimum Gasteiger partial charge on any atom is -0.321 e. The number of sulfone groups is 1. The van der Waals surface area contributed by atoms with Crippen LogP contribution in [0.2, 0.25) is 0 Å². The smallest absolute Gasteiger partial charge is 0.181 e. The summed E-state index contributed by atoms with van der Waals surface area (Å²) in [6.45, 7) is 0. The van der Waals surface area contributed by atoms with Crippen LogP contribution in [0.25, 0.3) is 11.4 Å². The van der Waals surface area contributed by atoms with E-state index in [1.54, 1.807) is 0 Å². The molecule has 0 aliphatic heterocycles. The summed E-state index contributed by atoms with van der Waals surface area (Å²) in [5.41, 5.74) is 6.78. The molecule has 1 heterocycles. The molecule has 6 nitrogen and oxygen atoms in total. The number of aromatic nitrogens is 3. The van der Waals surface area contributed by atoms with E-state index in [-0.39, 0.29) is 5.75 Å². The minimum absolute atomic E-state index is 0.0372. The average molecular weight is 280 g/mol. The van der Waals surface area contributed by atoms with Gasteiger partial charge in [-0.15, -0.1) is 0 Å². The van der Waals surface area contributed by atoms with Gasteiger partial charge in [0.05, 0.1) is 11.8 Å². The molecule has 19 heavy (non-hydrogen) atoms. The molecule has 0 aliphatic rings. The molecule has 3 N–H and O–H groups in total. The van der Waals surface area contributed by atoms with Crippen molar-refractivity contribution in [2.45, 2.75) is 12.5 Å². The SMILES string of the molecule is CS(=O)(=O)CCC(N)c1nc(-c2ccccc2)n[nH]1. The summed E-state index contributed by atoms with van der Waals surface area (Å²) in [6.07, 6.45) is 1.51. The Labute approximate surface area is 112 Å². The van der Waals surface area contributed by atoms with E-state index in [9.17, 15) is 8.42 Å². The first-order chi connectivity index (χ1) is 8.96. The molecule has 0 bridgehead atoms. The number of nitrogens with one attached hydrogen (secondary N) is 1. The van der Waals surface area contributed by atoms with E-state index in [0.29, 0.717) is 18.1 Å². The molecule has 0 radical (unpaired) electrons. The zero-order valence-electron chi connectivity index (χ0n) is 10.6. The Morgan fingerprint density at radius 1 is 1.32 bits per heavy atom. The lowest BCUT2D eigenvalue weighted by Crippen LogP contribution is -2.17. The van der Waals surface area contributed by atoms with Gasteiger partial charge in [0.2, 0.25) is 0 Å². The maximum atomic E-state index is 11.1. The van der Waals surface area contributed by atoms with Gasteiger partial charge in [-0.2, -0.15) is 5.10 Å². The van der Waals surface area contributed by atoms with Crippen molar-refractivity contribution >= 4 is 9.84 Å². The van der Waals surface area contributed by atoms with Crippen molar-refractivity contribution in [2.24, 2.45) is 5.73 Å². The van der Waals surface area contributed by atoms with Gasteiger partial charge in [-0.3, -0.25) is 5.10 Å². The van der Waals surface area contributed by atoms with Gasteiger partial charge in [-0.1, -0.05) is 30.3 Å². The van der Waals surface area contributed by atoms with Gasteiger partial charge in [-0.05, 0) is 6.42 Å². The molecular weight excluding hydrogens is 264 g/mol. The predicted octanol–water partition coefficient (Wildman–Crippen LogP) is 0.906. The minimum atomic E-state index is -3.01. The van der Waals surface area contributed by atoms with Crippen LogP contribution in [0.4, 0.5) is 0 Å². The van der Waals surface area contributed by atoms with Crippen LogP contribution >= 0.6 is 0 Å². The predicted molar refractivity (Wildman–Crippen MR) is 73.1 cm³/mol. The Bertz CT molecular complexity index is 637. The number of benzene rings is 1. The number of rotatable bonds is 5. The van der Waals surface area contributed by atoms with Crippen LogP contribution in [0.15, 0.2) is 30.3 Å². The third-order valence-electron chi connectivity index (χ3n) is 2.69. The summed E-state index contributed by atoms with van der Waals surface area (Å²) in [7, 11) is -3.01. The van der Waals surface area contributed by atoms with Crippen LogP contribution in [0.1, 0.15) is 18.3 Å². The Morgan fingerprint density at radius 2 is 2.00 bits per heavy atom. The van der Waals surface area contributed by atoms with Crippen molar-refractivity contribution in [2.75, 3.05) is 12.0 Å². The highest BCUT2D eigenvalue weighted by Crippen LogP contribution is 2.17. The first kappa shape index (κ1) is 13.7. The number of nitrogens with zero attached hydrogens (tertiary/aromatic N) is 2. The van der Waals surface area contributed by atoms with Crippen molar-refractivity contribution < 1.29 is 8.42 Å². The number of aromatic amines is 1. The van der Waals surface area contributed by atoms with E-state index < -0.39 is 15.9 Å². The Balaban J connectivity index is 2.09. The van der Waals surface area contributed by atoms with Gasteiger partial charge in [0.1, 0.15) is 15.7 Å². The zero-order valence-corrected chi connectivity index (χ0v) is 11.4. The second-order valence-electron chi connectivity index (χ2n) is 4.44.